The lowest BCUT2D eigenvalue weighted by molar-refractivity contribution is 0.669. The van der Waals surface area contributed by atoms with Crippen LogP contribution in [0.25, 0.3) is 33.1 Å². The fourth-order valence-electron chi connectivity index (χ4n) is 2.84. The molecular weight excluding hydrogens is 294 g/mol. The molecular formula is C19H10ClNO. The predicted molar refractivity (Wildman–Crippen MR) is 88.9 cm³/mol. The van der Waals surface area contributed by atoms with Gasteiger partial charge in [0.05, 0.1) is 11.6 Å². The Labute approximate surface area is 132 Å². The molecule has 4 aromatic rings. The minimum atomic E-state index is 0.645. The average Bonchev–Trinajstić information content (AvgIpc) is 2.92. The maximum Gasteiger partial charge on any atom is 0.136 e. The normalized spacial score (nSPS) is 10.9. The second kappa shape index (κ2) is 4.91. The monoisotopic (exact) mass is 303 g/mol. The second-order valence-electron chi connectivity index (χ2n) is 5.08. The molecule has 0 saturated heterocycles. The minimum absolute atomic E-state index is 0.645. The fraction of sp³-hybridized carbons (Fsp3) is 0. The van der Waals surface area contributed by atoms with Gasteiger partial charge in [-0.2, -0.15) is 5.26 Å². The molecule has 3 aromatic carbocycles. The Morgan fingerprint density at radius 1 is 0.864 bits per heavy atom. The Morgan fingerprint density at radius 2 is 1.68 bits per heavy atom. The third kappa shape index (κ3) is 1.88. The van der Waals surface area contributed by atoms with Crippen LogP contribution in [0.3, 0.4) is 0 Å². The first-order chi connectivity index (χ1) is 10.8. The topological polar surface area (TPSA) is 36.9 Å². The summed E-state index contributed by atoms with van der Waals surface area (Å²) in [6.45, 7) is 0. The van der Waals surface area contributed by atoms with E-state index < -0.39 is 0 Å². The van der Waals surface area contributed by atoms with Crippen molar-refractivity contribution in [2.45, 2.75) is 0 Å². The van der Waals surface area contributed by atoms with Gasteiger partial charge < -0.3 is 4.42 Å². The summed E-state index contributed by atoms with van der Waals surface area (Å²) in [6, 6.07) is 21.3. The van der Waals surface area contributed by atoms with Crippen LogP contribution in [0.1, 0.15) is 5.56 Å². The number of halogens is 1. The Bertz CT molecular complexity index is 1060. The van der Waals surface area contributed by atoms with Crippen molar-refractivity contribution in [3.63, 3.8) is 0 Å². The number of nitrogens with zero attached hydrogens (tertiary/aromatic N) is 1. The third-order valence-electron chi connectivity index (χ3n) is 3.79. The van der Waals surface area contributed by atoms with Crippen LogP contribution < -0.4 is 0 Å². The number of hydrogen-bond donors (Lipinski definition) is 0. The molecule has 4 rings (SSSR count). The molecule has 0 radical (unpaired) electrons. The summed E-state index contributed by atoms with van der Waals surface area (Å²) in [7, 11) is 0. The van der Waals surface area contributed by atoms with E-state index in [1.807, 2.05) is 60.7 Å². The van der Waals surface area contributed by atoms with E-state index in [0.717, 1.165) is 33.1 Å². The number of nitriles is 1. The maximum atomic E-state index is 9.37. The van der Waals surface area contributed by atoms with E-state index >= 15 is 0 Å². The number of fused-ring (bicyclic) bond motifs is 3. The summed E-state index contributed by atoms with van der Waals surface area (Å²) in [6.07, 6.45) is 0. The largest absolute Gasteiger partial charge is 0.456 e. The van der Waals surface area contributed by atoms with Crippen molar-refractivity contribution >= 4 is 33.5 Å². The zero-order valence-corrected chi connectivity index (χ0v) is 12.3. The van der Waals surface area contributed by atoms with Crippen LogP contribution in [-0.4, -0.2) is 0 Å². The lowest BCUT2D eigenvalue weighted by atomic mass is 9.96. The van der Waals surface area contributed by atoms with Crippen LogP contribution >= 0.6 is 11.6 Å². The van der Waals surface area contributed by atoms with E-state index in [1.54, 1.807) is 0 Å². The first-order valence-electron chi connectivity index (χ1n) is 6.88. The van der Waals surface area contributed by atoms with E-state index in [1.165, 1.54) is 0 Å². The SMILES string of the molecule is N#Cc1ccccc1-c1cccc2oc3ccc(Cl)cc3c12. The standard InChI is InChI=1S/C19H10ClNO/c20-13-8-9-17-16(10-13)19-15(6-3-7-18(19)22-17)14-5-2-1-4-12(14)11-21/h1-10H. The second-order valence-corrected chi connectivity index (χ2v) is 5.52. The molecule has 2 nitrogen and oxygen atoms in total. The molecule has 0 atom stereocenters. The number of furan rings is 1. The van der Waals surface area contributed by atoms with Gasteiger partial charge in [-0.05, 0) is 35.9 Å². The van der Waals surface area contributed by atoms with Gasteiger partial charge in [-0.15, -0.1) is 0 Å². The molecule has 3 heteroatoms. The highest BCUT2D eigenvalue weighted by atomic mass is 35.5. The Morgan fingerprint density at radius 3 is 2.55 bits per heavy atom. The van der Waals surface area contributed by atoms with Crippen LogP contribution in [0.5, 0.6) is 0 Å². The van der Waals surface area contributed by atoms with E-state index in [-0.39, 0.29) is 0 Å². The molecule has 0 amide bonds. The van der Waals surface area contributed by atoms with Crippen molar-refractivity contribution in [2.24, 2.45) is 0 Å². The number of hydrogen-bond acceptors (Lipinski definition) is 2. The molecule has 0 aliphatic carbocycles. The number of benzene rings is 3. The van der Waals surface area contributed by atoms with E-state index in [2.05, 4.69) is 6.07 Å². The predicted octanol–water partition coefficient (Wildman–Crippen LogP) is 5.78. The van der Waals surface area contributed by atoms with Crippen molar-refractivity contribution in [1.29, 1.82) is 5.26 Å². The maximum absolute atomic E-state index is 9.37. The Kier molecular flexibility index (Phi) is 2.89. The van der Waals surface area contributed by atoms with Crippen molar-refractivity contribution in [3.05, 3.63) is 71.2 Å². The van der Waals surface area contributed by atoms with E-state index in [9.17, 15) is 5.26 Å². The molecule has 1 aromatic heterocycles. The molecule has 0 saturated carbocycles. The molecule has 0 unspecified atom stereocenters. The van der Waals surface area contributed by atoms with Crippen LogP contribution in [-0.2, 0) is 0 Å². The van der Waals surface area contributed by atoms with Gasteiger partial charge in [0.15, 0.2) is 0 Å². The molecule has 104 valence electrons. The fourth-order valence-corrected chi connectivity index (χ4v) is 3.01. The smallest absolute Gasteiger partial charge is 0.136 e. The van der Waals surface area contributed by atoms with E-state index in [4.69, 9.17) is 16.0 Å². The zero-order chi connectivity index (χ0) is 15.1. The van der Waals surface area contributed by atoms with Gasteiger partial charge in [-0.1, -0.05) is 41.9 Å². The van der Waals surface area contributed by atoms with Crippen LogP contribution in [0.15, 0.2) is 65.1 Å². The van der Waals surface area contributed by atoms with Gasteiger partial charge in [-0.25, -0.2) is 0 Å². The molecule has 0 N–H and O–H groups in total. The average molecular weight is 304 g/mol. The summed E-state index contributed by atoms with van der Waals surface area (Å²) < 4.78 is 5.90. The lowest BCUT2D eigenvalue weighted by Crippen LogP contribution is -1.84. The van der Waals surface area contributed by atoms with Crippen molar-refractivity contribution in [3.8, 4) is 17.2 Å². The van der Waals surface area contributed by atoms with Crippen LogP contribution in [0.4, 0.5) is 0 Å². The van der Waals surface area contributed by atoms with Gasteiger partial charge in [-0.3, -0.25) is 0 Å². The quantitative estimate of drug-likeness (QED) is 0.447. The van der Waals surface area contributed by atoms with Gasteiger partial charge in [0.2, 0.25) is 0 Å². The Balaban J connectivity index is 2.17. The van der Waals surface area contributed by atoms with Crippen molar-refractivity contribution in [2.75, 3.05) is 0 Å². The molecule has 22 heavy (non-hydrogen) atoms. The van der Waals surface area contributed by atoms with Crippen LogP contribution in [0.2, 0.25) is 5.02 Å². The summed E-state index contributed by atoms with van der Waals surface area (Å²) in [5, 5.41) is 12.0. The summed E-state index contributed by atoms with van der Waals surface area (Å²) in [4.78, 5) is 0. The molecule has 1 heterocycles. The molecule has 0 fully saturated rings. The third-order valence-corrected chi connectivity index (χ3v) is 4.03. The van der Waals surface area contributed by atoms with Crippen molar-refractivity contribution < 1.29 is 4.42 Å². The summed E-state index contributed by atoms with van der Waals surface area (Å²) in [5.74, 6) is 0. The molecule has 0 bridgehead atoms. The first-order valence-corrected chi connectivity index (χ1v) is 7.26. The van der Waals surface area contributed by atoms with Gasteiger partial charge in [0, 0.05) is 21.4 Å². The van der Waals surface area contributed by atoms with Gasteiger partial charge >= 0.3 is 0 Å². The minimum Gasteiger partial charge on any atom is -0.456 e. The lowest BCUT2D eigenvalue weighted by Gasteiger charge is -2.05. The summed E-state index contributed by atoms with van der Waals surface area (Å²) >= 11 is 6.14. The summed E-state index contributed by atoms with van der Waals surface area (Å²) in [5.41, 5.74) is 4.11. The van der Waals surface area contributed by atoms with Gasteiger partial charge in [0.25, 0.3) is 0 Å². The number of rotatable bonds is 1. The zero-order valence-electron chi connectivity index (χ0n) is 11.5. The Hall–Kier alpha value is -2.76. The highest BCUT2D eigenvalue weighted by Gasteiger charge is 2.14. The van der Waals surface area contributed by atoms with Crippen LogP contribution in [0, 0.1) is 11.3 Å². The molecule has 0 aliphatic rings. The first kappa shape index (κ1) is 12.9. The molecule has 0 spiro atoms. The van der Waals surface area contributed by atoms with Gasteiger partial charge in [0.1, 0.15) is 11.2 Å². The van der Waals surface area contributed by atoms with Crippen molar-refractivity contribution in [1.82, 2.24) is 0 Å². The highest BCUT2D eigenvalue weighted by molar-refractivity contribution is 6.32. The molecule has 0 aliphatic heterocycles. The van der Waals surface area contributed by atoms with E-state index in [0.29, 0.717) is 10.6 Å². The highest BCUT2D eigenvalue weighted by Crippen LogP contribution is 2.38.